The zero-order chi connectivity index (χ0) is 16.4. The Morgan fingerprint density at radius 2 is 2.09 bits per heavy atom. The molecule has 23 heavy (non-hydrogen) atoms. The maximum atomic E-state index is 12.3. The molecular formula is C18H22N2O3. The lowest BCUT2D eigenvalue weighted by Crippen LogP contribution is -2.23. The first-order valence-electron chi connectivity index (χ1n) is 8.05. The third-order valence-electron chi connectivity index (χ3n) is 4.28. The van der Waals surface area contributed by atoms with Gasteiger partial charge in [0.2, 0.25) is 5.76 Å². The van der Waals surface area contributed by atoms with Crippen LogP contribution >= 0.6 is 0 Å². The lowest BCUT2D eigenvalue weighted by molar-refractivity contribution is 0.0920. The quantitative estimate of drug-likeness (QED) is 0.921. The molecule has 0 saturated carbocycles. The molecular weight excluding hydrogens is 292 g/mol. The van der Waals surface area contributed by atoms with E-state index in [1.54, 1.807) is 14.0 Å². The van der Waals surface area contributed by atoms with Gasteiger partial charge in [0.05, 0.1) is 12.8 Å². The standard InChI is InChI=1S/C18H22N2O3/c1-4-16-20-11(2)17(23-16)18(21)19-10-14-8-12-6-5-7-13(12)9-15(14)22-3/h8-9H,4-7,10H2,1-3H3,(H,19,21). The third kappa shape index (κ3) is 3.09. The van der Waals surface area contributed by atoms with Crippen molar-refractivity contribution in [1.29, 1.82) is 0 Å². The molecule has 0 aliphatic heterocycles. The van der Waals surface area contributed by atoms with Crippen LogP contribution in [0.2, 0.25) is 0 Å². The zero-order valence-electron chi connectivity index (χ0n) is 13.9. The minimum absolute atomic E-state index is 0.239. The molecule has 1 aliphatic carbocycles. The van der Waals surface area contributed by atoms with E-state index in [0.29, 0.717) is 30.3 Å². The number of aryl methyl sites for hydroxylation is 4. The van der Waals surface area contributed by atoms with E-state index in [1.807, 2.05) is 6.92 Å². The molecule has 0 saturated heterocycles. The van der Waals surface area contributed by atoms with Gasteiger partial charge in [0.15, 0.2) is 5.89 Å². The number of ether oxygens (including phenoxy) is 1. The molecule has 0 fully saturated rings. The largest absolute Gasteiger partial charge is 0.496 e. The number of benzene rings is 1. The predicted octanol–water partition coefficient (Wildman–Crippen LogP) is 2.97. The van der Waals surface area contributed by atoms with Gasteiger partial charge in [-0.3, -0.25) is 4.79 Å². The van der Waals surface area contributed by atoms with Crippen molar-refractivity contribution in [2.45, 2.75) is 46.1 Å². The number of rotatable bonds is 5. The summed E-state index contributed by atoms with van der Waals surface area (Å²) in [5, 5.41) is 2.91. The first kappa shape index (κ1) is 15.6. The molecule has 5 heteroatoms. The Bertz CT molecular complexity index is 734. The smallest absolute Gasteiger partial charge is 0.289 e. The second kappa shape index (κ2) is 6.44. The SMILES string of the molecule is CCc1nc(C)c(C(=O)NCc2cc3c(cc2OC)CCC3)o1. The highest BCUT2D eigenvalue weighted by atomic mass is 16.5. The van der Waals surface area contributed by atoms with Crippen molar-refractivity contribution in [2.75, 3.05) is 7.11 Å². The van der Waals surface area contributed by atoms with E-state index < -0.39 is 0 Å². The van der Waals surface area contributed by atoms with Gasteiger partial charge in [-0.05, 0) is 43.4 Å². The zero-order valence-corrected chi connectivity index (χ0v) is 13.9. The number of fused-ring (bicyclic) bond motifs is 1. The Kier molecular flexibility index (Phi) is 4.37. The average Bonchev–Trinajstić information content (AvgIpc) is 3.16. The summed E-state index contributed by atoms with van der Waals surface area (Å²) in [6, 6.07) is 4.24. The fourth-order valence-corrected chi connectivity index (χ4v) is 3.05. The van der Waals surface area contributed by atoms with Crippen LogP contribution in [0.25, 0.3) is 0 Å². The van der Waals surface area contributed by atoms with E-state index in [-0.39, 0.29) is 5.91 Å². The van der Waals surface area contributed by atoms with Crippen molar-refractivity contribution >= 4 is 5.91 Å². The minimum Gasteiger partial charge on any atom is -0.496 e. The molecule has 0 atom stereocenters. The van der Waals surface area contributed by atoms with E-state index in [4.69, 9.17) is 9.15 Å². The summed E-state index contributed by atoms with van der Waals surface area (Å²) in [4.78, 5) is 16.5. The van der Waals surface area contributed by atoms with Crippen LogP contribution in [0.4, 0.5) is 0 Å². The molecule has 1 amide bonds. The van der Waals surface area contributed by atoms with Crippen molar-refractivity contribution in [1.82, 2.24) is 10.3 Å². The van der Waals surface area contributed by atoms with Gasteiger partial charge in [0.1, 0.15) is 5.75 Å². The summed E-state index contributed by atoms with van der Waals surface area (Å²) < 4.78 is 11.0. The molecule has 122 valence electrons. The van der Waals surface area contributed by atoms with Gasteiger partial charge >= 0.3 is 0 Å². The van der Waals surface area contributed by atoms with E-state index in [1.165, 1.54) is 17.5 Å². The lowest BCUT2D eigenvalue weighted by atomic mass is 10.0. The maximum absolute atomic E-state index is 12.3. The molecule has 0 spiro atoms. The van der Waals surface area contributed by atoms with Gasteiger partial charge in [0, 0.05) is 18.5 Å². The third-order valence-corrected chi connectivity index (χ3v) is 4.28. The highest BCUT2D eigenvalue weighted by Crippen LogP contribution is 2.29. The summed E-state index contributed by atoms with van der Waals surface area (Å²) in [6.07, 6.45) is 4.06. The number of methoxy groups -OCH3 is 1. The molecule has 3 rings (SSSR count). The second-order valence-corrected chi connectivity index (χ2v) is 5.84. The first-order valence-corrected chi connectivity index (χ1v) is 8.05. The summed E-state index contributed by atoms with van der Waals surface area (Å²) in [5.74, 6) is 1.47. The normalized spacial score (nSPS) is 13.0. The number of nitrogens with zero attached hydrogens (tertiary/aromatic N) is 1. The first-order chi connectivity index (χ1) is 11.1. The molecule has 0 bridgehead atoms. The van der Waals surface area contributed by atoms with Crippen LogP contribution in [0.1, 0.15) is 52.2 Å². The number of carbonyl (C=O) groups is 1. The van der Waals surface area contributed by atoms with Crippen molar-refractivity contribution in [2.24, 2.45) is 0 Å². The van der Waals surface area contributed by atoms with Crippen LogP contribution < -0.4 is 10.1 Å². The average molecular weight is 314 g/mol. The highest BCUT2D eigenvalue weighted by molar-refractivity contribution is 5.92. The molecule has 1 heterocycles. The van der Waals surface area contributed by atoms with Gasteiger partial charge in [-0.15, -0.1) is 0 Å². The molecule has 2 aromatic rings. The van der Waals surface area contributed by atoms with E-state index in [2.05, 4.69) is 22.4 Å². The fraction of sp³-hybridized carbons (Fsp3) is 0.444. The Morgan fingerprint density at radius 1 is 1.35 bits per heavy atom. The summed E-state index contributed by atoms with van der Waals surface area (Å²) in [5.41, 5.74) is 4.34. The molecule has 5 nitrogen and oxygen atoms in total. The van der Waals surface area contributed by atoms with Crippen LogP contribution in [0.3, 0.4) is 0 Å². The van der Waals surface area contributed by atoms with Crippen LogP contribution in [-0.2, 0) is 25.8 Å². The van der Waals surface area contributed by atoms with Crippen molar-refractivity contribution in [3.8, 4) is 5.75 Å². The van der Waals surface area contributed by atoms with Gasteiger partial charge < -0.3 is 14.5 Å². The molecule has 1 N–H and O–H groups in total. The number of carbonyl (C=O) groups excluding carboxylic acids is 1. The van der Waals surface area contributed by atoms with E-state index in [0.717, 1.165) is 24.2 Å². The maximum Gasteiger partial charge on any atom is 0.289 e. The topological polar surface area (TPSA) is 64.4 Å². The van der Waals surface area contributed by atoms with E-state index >= 15 is 0 Å². The molecule has 0 radical (unpaired) electrons. The number of oxazole rings is 1. The lowest BCUT2D eigenvalue weighted by Gasteiger charge is -2.12. The number of aromatic nitrogens is 1. The van der Waals surface area contributed by atoms with Crippen molar-refractivity contribution in [3.63, 3.8) is 0 Å². The minimum atomic E-state index is -0.239. The fourth-order valence-electron chi connectivity index (χ4n) is 3.05. The number of amides is 1. The van der Waals surface area contributed by atoms with Gasteiger partial charge in [-0.2, -0.15) is 0 Å². The highest BCUT2D eigenvalue weighted by Gasteiger charge is 2.19. The van der Waals surface area contributed by atoms with Crippen molar-refractivity contribution < 1.29 is 13.9 Å². The monoisotopic (exact) mass is 314 g/mol. The van der Waals surface area contributed by atoms with Gasteiger partial charge in [-0.25, -0.2) is 4.98 Å². The Morgan fingerprint density at radius 3 is 2.74 bits per heavy atom. The Labute approximate surface area is 136 Å². The van der Waals surface area contributed by atoms with Crippen LogP contribution in [0.5, 0.6) is 5.75 Å². The van der Waals surface area contributed by atoms with Crippen molar-refractivity contribution in [3.05, 3.63) is 46.2 Å². The van der Waals surface area contributed by atoms with Crippen LogP contribution in [-0.4, -0.2) is 18.0 Å². The van der Waals surface area contributed by atoms with Crippen LogP contribution in [0.15, 0.2) is 16.5 Å². The molecule has 1 aromatic heterocycles. The van der Waals surface area contributed by atoms with Crippen LogP contribution in [0, 0.1) is 6.92 Å². The van der Waals surface area contributed by atoms with Gasteiger partial charge in [-0.1, -0.05) is 13.0 Å². The van der Waals surface area contributed by atoms with Gasteiger partial charge in [0.25, 0.3) is 5.91 Å². The number of hydrogen-bond donors (Lipinski definition) is 1. The summed E-state index contributed by atoms with van der Waals surface area (Å²) in [7, 11) is 1.66. The predicted molar refractivity (Wildman–Crippen MR) is 86.8 cm³/mol. The number of nitrogens with one attached hydrogen (secondary N) is 1. The number of hydrogen-bond acceptors (Lipinski definition) is 4. The second-order valence-electron chi connectivity index (χ2n) is 5.84. The summed E-state index contributed by atoms with van der Waals surface area (Å²) >= 11 is 0. The molecule has 0 unspecified atom stereocenters. The van der Waals surface area contributed by atoms with E-state index in [9.17, 15) is 4.79 Å². The molecule has 1 aliphatic rings. The Balaban J connectivity index is 1.75. The molecule has 1 aromatic carbocycles. The summed E-state index contributed by atoms with van der Waals surface area (Å²) in [6.45, 7) is 4.15. The Hall–Kier alpha value is -2.30.